The highest BCUT2D eigenvalue weighted by molar-refractivity contribution is 7.98. The van der Waals surface area contributed by atoms with Crippen LogP contribution in [0.5, 0.6) is 0 Å². The summed E-state index contributed by atoms with van der Waals surface area (Å²) in [5, 5.41) is 0. The fraction of sp³-hybridized carbons (Fsp3) is 0.0714. The standard InChI is InChI=1S/C14H10F2N2S/c1-19-12-5-3-2-4-9(12)14-17-11-7-8(15)6-10(16)13(11)18-14/h2-7H,1H3,(H,17,18). The maximum absolute atomic E-state index is 13.6. The summed E-state index contributed by atoms with van der Waals surface area (Å²) >= 11 is 1.58. The molecular formula is C14H10F2N2S. The van der Waals surface area contributed by atoms with Crippen molar-refractivity contribution in [1.29, 1.82) is 0 Å². The minimum atomic E-state index is -0.654. The van der Waals surface area contributed by atoms with Gasteiger partial charge in [-0.1, -0.05) is 18.2 Å². The molecular weight excluding hydrogens is 266 g/mol. The summed E-state index contributed by atoms with van der Waals surface area (Å²) in [7, 11) is 0. The lowest BCUT2D eigenvalue weighted by molar-refractivity contribution is 0.591. The molecule has 0 atom stereocenters. The Hall–Kier alpha value is -1.88. The molecule has 0 radical (unpaired) electrons. The van der Waals surface area contributed by atoms with Crippen LogP contribution in [0.25, 0.3) is 22.4 Å². The molecule has 2 aromatic carbocycles. The van der Waals surface area contributed by atoms with Gasteiger partial charge in [-0.3, -0.25) is 0 Å². The Morgan fingerprint density at radius 2 is 1.95 bits per heavy atom. The third-order valence-electron chi connectivity index (χ3n) is 2.87. The number of H-pyrrole nitrogens is 1. The molecule has 0 amide bonds. The largest absolute Gasteiger partial charge is 0.338 e. The van der Waals surface area contributed by atoms with Crippen molar-refractivity contribution in [2.75, 3.05) is 6.26 Å². The molecule has 96 valence electrons. The number of rotatable bonds is 2. The first-order valence-corrected chi connectivity index (χ1v) is 6.89. The molecule has 3 aromatic rings. The summed E-state index contributed by atoms with van der Waals surface area (Å²) in [6.45, 7) is 0. The van der Waals surface area contributed by atoms with Gasteiger partial charge in [-0.05, 0) is 18.4 Å². The molecule has 0 spiro atoms. The molecule has 5 heteroatoms. The normalized spacial score (nSPS) is 11.1. The fourth-order valence-corrected chi connectivity index (χ4v) is 2.61. The molecule has 0 unspecified atom stereocenters. The molecule has 0 fully saturated rings. The number of aromatic nitrogens is 2. The molecule has 19 heavy (non-hydrogen) atoms. The number of nitrogens with one attached hydrogen (secondary N) is 1. The molecule has 0 aliphatic heterocycles. The van der Waals surface area contributed by atoms with Crippen molar-refractivity contribution in [2.24, 2.45) is 0 Å². The number of thioether (sulfide) groups is 1. The number of hydrogen-bond donors (Lipinski definition) is 1. The Labute approximate surface area is 112 Å². The summed E-state index contributed by atoms with van der Waals surface area (Å²) in [4.78, 5) is 8.22. The molecule has 0 aliphatic rings. The van der Waals surface area contributed by atoms with Crippen molar-refractivity contribution in [2.45, 2.75) is 4.90 Å². The molecule has 0 bridgehead atoms. The van der Waals surface area contributed by atoms with E-state index in [0.717, 1.165) is 16.5 Å². The molecule has 1 N–H and O–H groups in total. The van der Waals surface area contributed by atoms with Gasteiger partial charge < -0.3 is 4.98 Å². The van der Waals surface area contributed by atoms with E-state index >= 15 is 0 Å². The number of fused-ring (bicyclic) bond motifs is 1. The molecule has 1 heterocycles. The van der Waals surface area contributed by atoms with Crippen LogP contribution in [-0.2, 0) is 0 Å². The predicted octanol–water partition coefficient (Wildman–Crippen LogP) is 4.23. The first-order valence-electron chi connectivity index (χ1n) is 5.67. The second kappa shape index (κ2) is 4.66. The maximum atomic E-state index is 13.6. The van der Waals surface area contributed by atoms with E-state index in [4.69, 9.17) is 0 Å². The van der Waals surface area contributed by atoms with Crippen LogP contribution < -0.4 is 0 Å². The van der Waals surface area contributed by atoms with Crippen LogP contribution in [0.2, 0.25) is 0 Å². The second-order valence-electron chi connectivity index (χ2n) is 4.07. The summed E-state index contributed by atoms with van der Waals surface area (Å²) in [6, 6.07) is 9.77. The average Bonchev–Trinajstić information content (AvgIpc) is 2.82. The van der Waals surface area contributed by atoms with Crippen molar-refractivity contribution < 1.29 is 8.78 Å². The third-order valence-corrected chi connectivity index (χ3v) is 3.66. The van der Waals surface area contributed by atoms with E-state index in [1.54, 1.807) is 11.8 Å². The van der Waals surface area contributed by atoms with Crippen LogP contribution in [0.15, 0.2) is 41.3 Å². The van der Waals surface area contributed by atoms with Gasteiger partial charge in [0.2, 0.25) is 0 Å². The summed E-state index contributed by atoms with van der Waals surface area (Å²) < 4.78 is 26.8. The Bertz CT molecular complexity index is 752. The molecule has 0 saturated heterocycles. The van der Waals surface area contributed by atoms with Gasteiger partial charge in [-0.2, -0.15) is 0 Å². The number of imidazole rings is 1. The molecule has 3 rings (SSSR count). The van der Waals surface area contributed by atoms with E-state index in [-0.39, 0.29) is 5.52 Å². The van der Waals surface area contributed by atoms with E-state index in [1.807, 2.05) is 30.5 Å². The highest BCUT2D eigenvalue weighted by Gasteiger charge is 2.12. The van der Waals surface area contributed by atoms with Gasteiger partial charge in [-0.25, -0.2) is 13.8 Å². The number of nitrogens with zero attached hydrogens (tertiary/aromatic N) is 1. The summed E-state index contributed by atoms with van der Waals surface area (Å²) in [6.07, 6.45) is 1.96. The second-order valence-corrected chi connectivity index (χ2v) is 4.92. The van der Waals surface area contributed by atoms with Crippen molar-refractivity contribution in [3.63, 3.8) is 0 Å². The van der Waals surface area contributed by atoms with Gasteiger partial charge >= 0.3 is 0 Å². The number of benzene rings is 2. The zero-order valence-corrected chi connectivity index (χ0v) is 10.9. The van der Waals surface area contributed by atoms with Crippen molar-refractivity contribution in [3.8, 4) is 11.4 Å². The lowest BCUT2D eigenvalue weighted by Gasteiger charge is -2.02. The van der Waals surface area contributed by atoms with E-state index in [0.29, 0.717) is 11.3 Å². The zero-order valence-electron chi connectivity index (χ0n) is 10.1. The van der Waals surface area contributed by atoms with Gasteiger partial charge in [0.15, 0.2) is 5.82 Å². The Balaban J connectivity index is 2.23. The monoisotopic (exact) mass is 276 g/mol. The number of halogens is 2. The van der Waals surface area contributed by atoms with Gasteiger partial charge in [0.25, 0.3) is 0 Å². The Morgan fingerprint density at radius 1 is 1.16 bits per heavy atom. The van der Waals surface area contributed by atoms with E-state index in [1.165, 1.54) is 6.07 Å². The molecule has 0 saturated carbocycles. The van der Waals surface area contributed by atoms with Crippen LogP contribution in [0.1, 0.15) is 0 Å². The molecule has 2 nitrogen and oxygen atoms in total. The zero-order chi connectivity index (χ0) is 13.4. The number of aromatic amines is 1. The van der Waals surface area contributed by atoms with E-state index in [9.17, 15) is 8.78 Å². The van der Waals surface area contributed by atoms with Gasteiger partial charge in [-0.15, -0.1) is 11.8 Å². The van der Waals surface area contributed by atoms with Crippen LogP contribution in [0.3, 0.4) is 0 Å². The first-order chi connectivity index (χ1) is 9.19. The van der Waals surface area contributed by atoms with E-state index < -0.39 is 11.6 Å². The van der Waals surface area contributed by atoms with Crippen LogP contribution in [0, 0.1) is 11.6 Å². The Morgan fingerprint density at radius 3 is 2.74 bits per heavy atom. The quantitative estimate of drug-likeness (QED) is 0.709. The van der Waals surface area contributed by atoms with Gasteiger partial charge in [0, 0.05) is 16.5 Å². The van der Waals surface area contributed by atoms with E-state index in [2.05, 4.69) is 9.97 Å². The lowest BCUT2D eigenvalue weighted by atomic mass is 10.2. The summed E-state index contributed by atoms with van der Waals surface area (Å²) in [5.41, 5.74) is 1.40. The van der Waals surface area contributed by atoms with Crippen LogP contribution in [0.4, 0.5) is 8.78 Å². The Kier molecular flexibility index (Phi) is 2.98. The van der Waals surface area contributed by atoms with Crippen molar-refractivity contribution in [1.82, 2.24) is 9.97 Å². The SMILES string of the molecule is CSc1ccccc1-c1nc2c(F)cc(F)cc2[nH]1. The molecule has 1 aromatic heterocycles. The minimum Gasteiger partial charge on any atom is -0.338 e. The topological polar surface area (TPSA) is 28.7 Å². The fourth-order valence-electron chi connectivity index (χ4n) is 2.01. The van der Waals surface area contributed by atoms with Gasteiger partial charge in [0.1, 0.15) is 17.2 Å². The first kappa shape index (κ1) is 12.2. The van der Waals surface area contributed by atoms with Crippen molar-refractivity contribution in [3.05, 3.63) is 48.0 Å². The summed E-state index contributed by atoms with van der Waals surface area (Å²) in [5.74, 6) is -0.720. The third kappa shape index (κ3) is 2.10. The predicted molar refractivity (Wildman–Crippen MR) is 73.2 cm³/mol. The minimum absolute atomic E-state index is 0.160. The highest BCUT2D eigenvalue weighted by atomic mass is 32.2. The van der Waals surface area contributed by atoms with Gasteiger partial charge in [0.05, 0.1) is 5.52 Å². The highest BCUT2D eigenvalue weighted by Crippen LogP contribution is 2.30. The maximum Gasteiger partial charge on any atom is 0.153 e. The number of hydrogen-bond acceptors (Lipinski definition) is 2. The van der Waals surface area contributed by atoms with Crippen molar-refractivity contribution >= 4 is 22.8 Å². The van der Waals surface area contributed by atoms with Crippen LogP contribution in [-0.4, -0.2) is 16.2 Å². The molecule has 0 aliphatic carbocycles. The average molecular weight is 276 g/mol. The lowest BCUT2D eigenvalue weighted by Crippen LogP contribution is -1.83. The van der Waals surface area contributed by atoms with Crippen LogP contribution >= 0.6 is 11.8 Å². The smallest absolute Gasteiger partial charge is 0.153 e.